The first kappa shape index (κ1) is 13.3. The van der Waals surface area contributed by atoms with E-state index in [-0.39, 0.29) is 22.9 Å². The molecule has 1 heterocycles. The average molecular weight is 284 g/mol. The largest absolute Gasteiger partial charge is 0.505 e. The second kappa shape index (κ2) is 5.36. The number of benzene rings is 2. The number of rotatable bonds is 1. The molecule has 0 unspecified atom stereocenters. The molecule has 0 saturated heterocycles. The first-order chi connectivity index (χ1) is 10.2. The first-order valence-corrected chi connectivity index (χ1v) is 6.74. The van der Waals surface area contributed by atoms with Gasteiger partial charge in [-0.3, -0.25) is 4.79 Å². The molecule has 0 fully saturated rings. The van der Waals surface area contributed by atoms with E-state index in [0.717, 1.165) is 11.3 Å². The van der Waals surface area contributed by atoms with Gasteiger partial charge in [0.05, 0.1) is 17.8 Å². The lowest BCUT2D eigenvalue weighted by Gasteiger charge is -2.20. The number of aromatic hydroxyl groups is 1. The zero-order valence-corrected chi connectivity index (χ0v) is 11.5. The number of phenols is 1. The van der Waals surface area contributed by atoms with Crippen LogP contribution in [0.25, 0.3) is 0 Å². The van der Waals surface area contributed by atoms with Crippen LogP contribution in [0.4, 0.5) is 5.69 Å². The molecule has 0 saturated carbocycles. The van der Waals surface area contributed by atoms with Gasteiger partial charge in [0.25, 0.3) is 5.91 Å². The highest BCUT2D eigenvalue weighted by Gasteiger charge is 2.23. The number of amides is 1. The van der Waals surface area contributed by atoms with Crippen molar-refractivity contribution in [2.24, 2.45) is 0 Å². The Kier molecular flexibility index (Phi) is 3.39. The summed E-state index contributed by atoms with van der Waals surface area (Å²) in [6.45, 7) is 1.33. The summed E-state index contributed by atoms with van der Waals surface area (Å²) in [4.78, 5) is 14.2. The van der Waals surface area contributed by atoms with E-state index in [1.165, 1.54) is 0 Å². The summed E-state index contributed by atoms with van der Waals surface area (Å²) in [7, 11) is 0. The van der Waals surface area contributed by atoms with Gasteiger partial charge in [-0.25, -0.2) is 0 Å². The van der Waals surface area contributed by atoms with Crippen LogP contribution < -0.4 is 10.5 Å². The van der Waals surface area contributed by atoms with Gasteiger partial charge in [0.15, 0.2) is 5.75 Å². The molecular weight excluding hydrogens is 268 g/mol. The molecule has 5 nitrogen and oxygen atoms in total. The lowest BCUT2D eigenvalue weighted by atomic mass is 10.1. The molecule has 3 N–H and O–H groups in total. The van der Waals surface area contributed by atoms with E-state index in [4.69, 9.17) is 10.5 Å². The monoisotopic (exact) mass is 284 g/mol. The molecule has 1 amide bonds. The fourth-order valence-corrected chi connectivity index (χ4v) is 2.40. The molecule has 1 aliphatic rings. The Hall–Kier alpha value is -2.69. The van der Waals surface area contributed by atoms with Crippen molar-refractivity contribution in [1.29, 1.82) is 0 Å². The molecule has 0 radical (unpaired) electrons. The van der Waals surface area contributed by atoms with Crippen molar-refractivity contribution in [3.05, 3.63) is 53.6 Å². The molecule has 0 atom stereocenters. The quantitative estimate of drug-likeness (QED) is 0.620. The van der Waals surface area contributed by atoms with Crippen LogP contribution in [-0.4, -0.2) is 29.1 Å². The molecule has 0 aromatic heterocycles. The maximum absolute atomic E-state index is 12.6. The minimum Gasteiger partial charge on any atom is -0.505 e. The van der Waals surface area contributed by atoms with Crippen molar-refractivity contribution in [2.45, 2.75) is 6.54 Å². The van der Waals surface area contributed by atoms with Gasteiger partial charge in [-0.2, -0.15) is 0 Å². The number of hydrogen-bond donors (Lipinski definition) is 2. The Balaban J connectivity index is 1.90. The summed E-state index contributed by atoms with van der Waals surface area (Å²) in [5, 5.41) is 9.96. The second-order valence-corrected chi connectivity index (χ2v) is 4.93. The molecular formula is C16H16N2O3. The molecule has 0 bridgehead atoms. The van der Waals surface area contributed by atoms with Crippen LogP contribution in [0.1, 0.15) is 15.9 Å². The number of anilines is 1. The van der Waals surface area contributed by atoms with Crippen molar-refractivity contribution in [3.8, 4) is 11.5 Å². The number of nitrogen functional groups attached to an aromatic ring is 1. The maximum Gasteiger partial charge on any atom is 0.258 e. The lowest BCUT2D eigenvalue weighted by molar-refractivity contribution is 0.0730. The van der Waals surface area contributed by atoms with Gasteiger partial charge in [-0.15, -0.1) is 0 Å². The Morgan fingerprint density at radius 3 is 2.86 bits per heavy atom. The predicted molar refractivity (Wildman–Crippen MR) is 79.2 cm³/mol. The summed E-state index contributed by atoms with van der Waals surface area (Å²) < 4.78 is 5.64. The third-order valence-electron chi connectivity index (χ3n) is 3.54. The fourth-order valence-electron chi connectivity index (χ4n) is 2.40. The molecule has 2 aromatic carbocycles. The number of carbonyl (C=O) groups is 1. The van der Waals surface area contributed by atoms with E-state index < -0.39 is 0 Å². The minimum absolute atomic E-state index is 0.166. The van der Waals surface area contributed by atoms with Crippen LogP contribution in [-0.2, 0) is 6.54 Å². The number of fused-ring (bicyclic) bond motifs is 1. The number of nitrogens with zero attached hydrogens (tertiary/aromatic N) is 1. The van der Waals surface area contributed by atoms with Crippen molar-refractivity contribution in [1.82, 2.24) is 4.90 Å². The number of phenolic OH excluding ortho intramolecular Hbond substituents is 1. The molecule has 2 aromatic rings. The van der Waals surface area contributed by atoms with Crippen LogP contribution >= 0.6 is 0 Å². The minimum atomic E-state index is -0.250. The van der Waals surface area contributed by atoms with E-state index >= 15 is 0 Å². The number of nitrogens with two attached hydrogens (primary N) is 1. The van der Waals surface area contributed by atoms with Crippen LogP contribution in [0, 0.1) is 0 Å². The van der Waals surface area contributed by atoms with Crippen LogP contribution in [0.2, 0.25) is 0 Å². The molecule has 108 valence electrons. The van der Waals surface area contributed by atoms with Gasteiger partial charge in [0, 0.05) is 12.1 Å². The fraction of sp³-hybridized carbons (Fsp3) is 0.188. The van der Waals surface area contributed by atoms with E-state index in [0.29, 0.717) is 19.7 Å². The van der Waals surface area contributed by atoms with Gasteiger partial charge in [-0.1, -0.05) is 24.3 Å². The first-order valence-electron chi connectivity index (χ1n) is 6.74. The average Bonchev–Trinajstić information content (AvgIpc) is 2.71. The number of hydrogen-bond acceptors (Lipinski definition) is 4. The summed E-state index contributed by atoms with van der Waals surface area (Å²) in [5.41, 5.74) is 7.02. The van der Waals surface area contributed by atoms with Crippen molar-refractivity contribution >= 4 is 11.6 Å². The Bertz CT molecular complexity index is 685. The van der Waals surface area contributed by atoms with Gasteiger partial charge >= 0.3 is 0 Å². The van der Waals surface area contributed by atoms with E-state index in [1.807, 2.05) is 24.3 Å². The smallest absolute Gasteiger partial charge is 0.258 e. The Morgan fingerprint density at radius 1 is 1.19 bits per heavy atom. The normalized spacial score (nSPS) is 14.0. The van der Waals surface area contributed by atoms with Gasteiger partial charge in [0.1, 0.15) is 12.4 Å². The highest BCUT2D eigenvalue weighted by molar-refractivity contribution is 5.98. The Morgan fingerprint density at radius 2 is 2.00 bits per heavy atom. The lowest BCUT2D eigenvalue weighted by Crippen LogP contribution is -2.32. The summed E-state index contributed by atoms with van der Waals surface area (Å²) in [5.74, 6) is 0.380. The second-order valence-electron chi connectivity index (χ2n) is 4.93. The molecule has 21 heavy (non-hydrogen) atoms. The zero-order chi connectivity index (χ0) is 14.8. The molecule has 3 rings (SSSR count). The Labute approximate surface area is 122 Å². The number of carbonyl (C=O) groups excluding carboxylic acids is 1. The zero-order valence-electron chi connectivity index (χ0n) is 11.5. The molecule has 0 aliphatic carbocycles. The van der Waals surface area contributed by atoms with Crippen molar-refractivity contribution < 1.29 is 14.6 Å². The van der Waals surface area contributed by atoms with E-state index in [2.05, 4.69) is 0 Å². The number of para-hydroxylation sites is 2. The molecule has 0 spiro atoms. The highest BCUT2D eigenvalue weighted by atomic mass is 16.5. The molecule has 5 heteroatoms. The third-order valence-corrected chi connectivity index (χ3v) is 3.54. The van der Waals surface area contributed by atoms with Crippen LogP contribution in [0.5, 0.6) is 11.5 Å². The highest BCUT2D eigenvalue weighted by Crippen LogP contribution is 2.28. The van der Waals surface area contributed by atoms with Crippen molar-refractivity contribution in [3.63, 3.8) is 0 Å². The van der Waals surface area contributed by atoms with E-state index in [1.54, 1.807) is 23.1 Å². The van der Waals surface area contributed by atoms with Crippen molar-refractivity contribution in [2.75, 3.05) is 18.9 Å². The predicted octanol–water partition coefficient (Wildman–Crippen LogP) is 2.01. The maximum atomic E-state index is 12.6. The standard InChI is InChI=1S/C16H16N2O3/c17-13-6-3-5-12(15(13)19)16(20)18-8-9-21-14-7-2-1-4-11(14)10-18/h1-7,19H,8-10,17H2. The summed E-state index contributed by atoms with van der Waals surface area (Å²) in [6.07, 6.45) is 0. The molecule has 1 aliphatic heterocycles. The summed E-state index contributed by atoms with van der Waals surface area (Å²) >= 11 is 0. The van der Waals surface area contributed by atoms with Crippen LogP contribution in [0.15, 0.2) is 42.5 Å². The summed E-state index contributed by atoms with van der Waals surface area (Å²) in [6, 6.07) is 12.4. The van der Waals surface area contributed by atoms with Gasteiger partial charge < -0.3 is 20.5 Å². The van der Waals surface area contributed by atoms with E-state index in [9.17, 15) is 9.90 Å². The number of ether oxygens (including phenoxy) is 1. The van der Waals surface area contributed by atoms with Gasteiger partial charge in [-0.05, 0) is 18.2 Å². The SMILES string of the molecule is Nc1cccc(C(=O)N2CCOc3ccccc3C2)c1O. The third kappa shape index (κ3) is 2.50. The van der Waals surface area contributed by atoms with Gasteiger partial charge in [0.2, 0.25) is 0 Å². The topological polar surface area (TPSA) is 75.8 Å². The van der Waals surface area contributed by atoms with Crippen LogP contribution in [0.3, 0.4) is 0 Å².